The van der Waals surface area contributed by atoms with E-state index in [1.807, 2.05) is 0 Å². The van der Waals surface area contributed by atoms with Gasteiger partial charge >= 0.3 is 6.18 Å². The predicted octanol–water partition coefficient (Wildman–Crippen LogP) is 2.80. The molecule has 2 aliphatic rings. The van der Waals surface area contributed by atoms with E-state index >= 15 is 0 Å². The minimum Gasteiger partial charge on any atom is -0.363 e. The summed E-state index contributed by atoms with van der Waals surface area (Å²) in [6.45, 7) is 0.592. The molecule has 3 nitrogen and oxygen atoms in total. The number of benzene rings is 1. The van der Waals surface area contributed by atoms with E-state index in [0.29, 0.717) is 17.9 Å². The van der Waals surface area contributed by atoms with Crippen molar-refractivity contribution in [3.05, 3.63) is 35.4 Å². The Bertz CT molecular complexity index is 481. The van der Waals surface area contributed by atoms with Gasteiger partial charge in [0.25, 0.3) is 0 Å². The number of oxime groups is 1. The molecule has 0 aliphatic carbocycles. The van der Waals surface area contributed by atoms with E-state index in [2.05, 4.69) is 5.16 Å². The molecule has 2 atom stereocenters. The third kappa shape index (κ3) is 1.86. The smallest absolute Gasteiger partial charge is 0.363 e. The first-order valence-electron chi connectivity index (χ1n) is 5.58. The van der Waals surface area contributed by atoms with Crippen molar-refractivity contribution < 1.29 is 22.7 Å². The van der Waals surface area contributed by atoms with Gasteiger partial charge in [0, 0.05) is 0 Å². The second-order valence-corrected chi connectivity index (χ2v) is 4.29. The predicted molar refractivity (Wildman–Crippen MR) is 56.9 cm³/mol. The van der Waals surface area contributed by atoms with Gasteiger partial charge in [0.1, 0.15) is 0 Å². The molecule has 1 fully saturated rings. The number of ether oxygens (including phenoxy) is 1. The molecule has 0 N–H and O–H groups in total. The Morgan fingerprint density at radius 2 is 1.89 bits per heavy atom. The van der Waals surface area contributed by atoms with Crippen molar-refractivity contribution in [2.75, 3.05) is 6.61 Å². The molecule has 6 heteroatoms. The van der Waals surface area contributed by atoms with E-state index in [-0.39, 0.29) is 12.2 Å². The van der Waals surface area contributed by atoms with Crippen LogP contribution in [0, 0.1) is 5.92 Å². The lowest BCUT2D eigenvalue weighted by Gasteiger charge is -2.09. The summed E-state index contributed by atoms with van der Waals surface area (Å²) in [5.41, 5.74) is 0.664. The average molecular weight is 257 g/mol. The van der Waals surface area contributed by atoms with Crippen LogP contribution in [0.3, 0.4) is 0 Å². The normalized spacial score (nSPS) is 26.7. The van der Waals surface area contributed by atoms with Crippen LogP contribution in [0.25, 0.3) is 0 Å². The molecule has 2 heterocycles. The maximum Gasteiger partial charge on any atom is 0.416 e. The maximum absolute atomic E-state index is 12.4. The van der Waals surface area contributed by atoms with Crippen molar-refractivity contribution in [3.8, 4) is 0 Å². The van der Waals surface area contributed by atoms with E-state index < -0.39 is 11.7 Å². The van der Waals surface area contributed by atoms with Crippen molar-refractivity contribution >= 4 is 5.71 Å². The number of halogens is 3. The Morgan fingerprint density at radius 1 is 1.17 bits per heavy atom. The average Bonchev–Trinajstić information content (AvgIpc) is 2.89. The molecule has 0 bridgehead atoms. The SMILES string of the molecule is FC(F)(F)c1ccc(C2=NOC3OCCC23)cc1. The molecule has 0 amide bonds. The first-order chi connectivity index (χ1) is 8.55. The van der Waals surface area contributed by atoms with E-state index in [0.717, 1.165) is 18.6 Å². The lowest BCUT2D eigenvalue weighted by atomic mass is 9.95. The van der Waals surface area contributed by atoms with Crippen LogP contribution in [0.1, 0.15) is 17.5 Å². The van der Waals surface area contributed by atoms with Crippen LogP contribution in [0.2, 0.25) is 0 Å². The van der Waals surface area contributed by atoms with Gasteiger partial charge in [-0.05, 0) is 24.1 Å². The van der Waals surface area contributed by atoms with E-state index in [4.69, 9.17) is 9.57 Å². The Kier molecular flexibility index (Phi) is 2.55. The summed E-state index contributed by atoms with van der Waals surface area (Å²) in [7, 11) is 0. The highest BCUT2D eigenvalue weighted by molar-refractivity contribution is 6.03. The first-order valence-corrected chi connectivity index (χ1v) is 5.58. The van der Waals surface area contributed by atoms with E-state index in [9.17, 15) is 13.2 Å². The van der Waals surface area contributed by atoms with Gasteiger partial charge in [-0.1, -0.05) is 17.3 Å². The number of fused-ring (bicyclic) bond motifs is 1. The third-order valence-electron chi connectivity index (χ3n) is 3.15. The molecular formula is C12H10F3NO2. The fourth-order valence-electron chi connectivity index (χ4n) is 2.21. The van der Waals surface area contributed by atoms with Crippen molar-refractivity contribution in [3.63, 3.8) is 0 Å². The van der Waals surface area contributed by atoms with Gasteiger partial charge in [-0.15, -0.1) is 0 Å². The summed E-state index contributed by atoms with van der Waals surface area (Å²) in [6.07, 6.45) is -3.90. The van der Waals surface area contributed by atoms with Crippen LogP contribution in [-0.4, -0.2) is 18.6 Å². The molecule has 0 spiro atoms. The Morgan fingerprint density at radius 3 is 2.56 bits per heavy atom. The highest BCUT2D eigenvalue weighted by atomic mass is 19.4. The van der Waals surface area contributed by atoms with E-state index in [1.165, 1.54) is 12.1 Å². The third-order valence-corrected chi connectivity index (χ3v) is 3.15. The summed E-state index contributed by atoms with van der Waals surface area (Å²) >= 11 is 0. The molecule has 2 unspecified atom stereocenters. The van der Waals surface area contributed by atoms with Crippen LogP contribution in [-0.2, 0) is 15.8 Å². The van der Waals surface area contributed by atoms with Crippen LogP contribution < -0.4 is 0 Å². The standard InChI is InChI=1S/C12H10F3NO2/c13-12(14,15)8-3-1-7(2-4-8)10-9-5-6-17-11(9)18-16-10/h1-4,9,11H,5-6H2. The van der Waals surface area contributed by atoms with Crippen LogP contribution in [0.5, 0.6) is 0 Å². The van der Waals surface area contributed by atoms with Crippen molar-refractivity contribution in [2.24, 2.45) is 11.1 Å². The molecule has 1 aromatic carbocycles. The molecule has 2 aliphatic heterocycles. The molecule has 1 saturated heterocycles. The molecule has 96 valence electrons. The van der Waals surface area contributed by atoms with Crippen molar-refractivity contribution in [1.82, 2.24) is 0 Å². The monoisotopic (exact) mass is 257 g/mol. The highest BCUT2D eigenvalue weighted by Gasteiger charge is 2.40. The van der Waals surface area contributed by atoms with Crippen molar-refractivity contribution in [2.45, 2.75) is 18.9 Å². The second-order valence-electron chi connectivity index (χ2n) is 4.29. The number of hydrogen-bond donors (Lipinski definition) is 0. The molecule has 1 aromatic rings. The van der Waals surface area contributed by atoms with Crippen LogP contribution >= 0.6 is 0 Å². The molecule has 3 rings (SSSR count). The number of hydrogen-bond acceptors (Lipinski definition) is 3. The minimum atomic E-state index is -4.31. The maximum atomic E-state index is 12.4. The van der Waals surface area contributed by atoms with Crippen LogP contribution in [0.4, 0.5) is 13.2 Å². The number of alkyl halides is 3. The van der Waals surface area contributed by atoms with Gasteiger partial charge in [0.2, 0.25) is 6.29 Å². The highest BCUT2D eigenvalue weighted by Crippen LogP contribution is 2.33. The molecule has 0 aromatic heterocycles. The largest absolute Gasteiger partial charge is 0.416 e. The molecule has 0 radical (unpaired) electrons. The number of rotatable bonds is 1. The molecule has 0 saturated carbocycles. The molecular weight excluding hydrogens is 247 g/mol. The lowest BCUT2D eigenvalue weighted by Crippen LogP contribution is -2.18. The second kappa shape index (κ2) is 3.98. The summed E-state index contributed by atoms with van der Waals surface area (Å²) in [6, 6.07) is 4.96. The topological polar surface area (TPSA) is 30.8 Å². The Hall–Kier alpha value is -1.56. The fourth-order valence-corrected chi connectivity index (χ4v) is 2.21. The van der Waals surface area contributed by atoms with Gasteiger partial charge in [-0.2, -0.15) is 13.2 Å². The lowest BCUT2D eigenvalue weighted by molar-refractivity contribution is -0.137. The van der Waals surface area contributed by atoms with Crippen molar-refractivity contribution in [1.29, 1.82) is 0 Å². The number of nitrogens with zero attached hydrogens (tertiary/aromatic N) is 1. The fraction of sp³-hybridized carbons (Fsp3) is 0.417. The summed E-state index contributed by atoms with van der Waals surface area (Å²) in [5, 5.41) is 3.89. The summed E-state index contributed by atoms with van der Waals surface area (Å²) in [4.78, 5) is 5.08. The minimum absolute atomic E-state index is 0.0294. The van der Waals surface area contributed by atoms with Gasteiger partial charge in [0.05, 0.1) is 23.8 Å². The zero-order valence-electron chi connectivity index (χ0n) is 9.28. The molecule has 18 heavy (non-hydrogen) atoms. The van der Waals surface area contributed by atoms with Gasteiger partial charge < -0.3 is 9.57 Å². The van der Waals surface area contributed by atoms with Gasteiger partial charge in [-0.25, -0.2) is 0 Å². The zero-order chi connectivity index (χ0) is 12.8. The quantitative estimate of drug-likeness (QED) is 0.774. The summed E-state index contributed by atoms with van der Waals surface area (Å²) < 4.78 is 42.6. The Balaban J connectivity index is 1.86. The van der Waals surface area contributed by atoms with Crippen LogP contribution in [0.15, 0.2) is 29.4 Å². The summed E-state index contributed by atoms with van der Waals surface area (Å²) in [5.74, 6) is 0.0294. The zero-order valence-corrected chi connectivity index (χ0v) is 9.28. The first kappa shape index (κ1) is 11.5. The van der Waals surface area contributed by atoms with Gasteiger partial charge in [0.15, 0.2) is 0 Å². The van der Waals surface area contributed by atoms with E-state index in [1.54, 1.807) is 0 Å². The Labute approximate surface area is 101 Å². The van der Waals surface area contributed by atoms with Gasteiger partial charge in [-0.3, -0.25) is 0 Å².